The van der Waals surface area contributed by atoms with Crippen molar-refractivity contribution in [3.63, 3.8) is 0 Å². The van der Waals surface area contributed by atoms with Crippen LogP contribution in [-0.4, -0.2) is 61.8 Å². The molecular weight excluding hydrogens is 373 g/mol. The second kappa shape index (κ2) is 11.3. The fraction of sp³-hybridized carbons (Fsp3) is 0.429. The molecular formula is C21H28FN5O2. The Balaban J connectivity index is 1.53. The smallest absolute Gasteiger partial charge is 0.219 e. The highest BCUT2D eigenvalue weighted by Crippen LogP contribution is 2.20. The van der Waals surface area contributed by atoms with Gasteiger partial charge in [0.05, 0.1) is 19.8 Å². The number of hydrogen-bond donors (Lipinski definition) is 2. The van der Waals surface area contributed by atoms with Gasteiger partial charge in [-0.25, -0.2) is 14.4 Å². The maximum Gasteiger partial charge on any atom is 0.219 e. The molecule has 8 heteroatoms. The number of pyridine rings is 1. The lowest BCUT2D eigenvalue weighted by Crippen LogP contribution is -2.44. The molecule has 1 fully saturated rings. The summed E-state index contributed by atoms with van der Waals surface area (Å²) >= 11 is 0. The molecule has 0 amide bonds. The number of nitrogens with zero attached hydrogens (tertiary/aromatic N) is 3. The third kappa shape index (κ3) is 7.32. The lowest BCUT2D eigenvalue weighted by Gasteiger charge is -2.26. The number of aromatic nitrogens is 1. The number of nitrogens with one attached hydrogen (secondary N) is 2. The maximum atomic E-state index is 13.0. The average Bonchev–Trinajstić information content (AvgIpc) is 2.75. The van der Waals surface area contributed by atoms with Crippen molar-refractivity contribution in [3.8, 4) is 11.6 Å². The van der Waals surface area contributed by atoms with Gasteiger partial charge in [0.15, 0.2) is 5.96 Å². The molecule has 0 spiro atoms. The molecule has 0 aliphatic carbocycles. The largest absolute Gasteiger partial charge is 0.439 e. The molecule has 2 N–H and O–H groups in total. The Kier molecular flexibility index (Phi) is 8.21. The van der Waals surface area contributed by atoms with Crippen molar-refractivity contribution in [1.82, 2.24) is 20.5 Å². The molecule has 1 aromatic carbocycles. The normalized spacial score (nSPS) is 15.2. The third-order valence-corrected chi connectivity index (χ3v) is 4.42. The first kappa shape index (κ1) is 21.0. The molecule has 2 aromatic rings. The van der Waals surface area contributed by atoms with Crippen LogP contribution in [0.1, 0.15) is 12.5 Å². The minimum atomic E-state index is -0.300. The van der Waals surface area contributed by atoms with Gasteiger partial charge in [0.2, 0.25) is 5.88 Å². The first-order valence-electron chi connectivity index (χ1n) is 9.93. The second-order valence-electron chi connectivity index (χ2n) is 6.63. The van der Waals surface area contributed by atoms with Crippen molar-refractivity contribution >= 4 is 5.96 Å². The van der Waals surface area contributed by atoms with Gasteiger partial charge in [0.1, 0.15) is 11.6 Å². The van der Waals surface area contributed by atoms with Gasteiger partial charge in [-0.1, -0.05) is 0 Å². The van der Waals surface area contributed by atoms with E-state index in [0.29, 0.717) is 18.2 Å². The standard InChI is InChI=1S/C21H28FN5O2/c1-2-23-21(25-9-10-27-11-13-28-14-12-27)26-16-17-7-8-24-20(15-17)29-19-5-3-18(22)4-6-19/h3-8,15H,2,9-14,16H2,1H3,(H2,23,25,26). The van der Waals surface area contributed by atoms with Crippen molar-refractivity contribution in [3.05, 3.63) is 54.0 Å². The van der Waals surface area contributed by atoms with Crippen LogP contribution in [0.25, 0.3) is 0 Å². The molecule has 2 heterocycles. The molecule has 0 atom stereocenters. The Morgan fingerprint density at radius 3 is 2.76 bits per heavy atom. The lowest BCUT2D eigenvalue weighted by atomic mass is 10.2. The van der Waals surface area contributed by atoms with E-state index < -0.39 is 0 Å². The van der Waals surface area contributed by atoms with Crippen LogP contribution in [0.2, 0.25) is 0 Å². The highest BCUT2D eigenvalue weighted by Gasteiger charge is 2.09. The summed E-state index contributed by atoms with van der Waals surface area (Å²) in [5.74, 6) is 1.47. The van der Waals surface area contributed by atoms with Crippen LogP contribution in [0.4, 0.5) is 4.39 Å². The van der Waals surface area contributed by atoms with Gasteiger partial charge >= 0.3 is 0 Å². The molecule has 7 nitrogen and oxygen atoms in total. The molecule has 0 bridgehead atoms. The Morgan fingerprint density at radius 2 is 2.00 bits per heavy atom. The molecule has 1 aromatic heterocycles. The van der Waals surface area contributed by atoms with Crippen molar-refractivity contribution < 1.29 is 13.9 Å². The SMILES string of the molecule is CCNC(=NCc1ccnc(Oc2ccc(F)cc2)c1)NCCN1CCOCC1. The molecule has 156 valence electrons. The minimum absolute atomic E-state index is 0.300. The first-order valence-corrected chi connectivity index (χ1v) is 9.93. The molecule has 0 radical (unpaired) electrons. The fourth-order valence-electron chi connectivity index (χ4n) is 2.90. The topological polar surface area (TPSA) is 71.0 Å². The quantitative estimate of drug-likeness (QED) is 0.523. The number of guanidine groups is 1. The Morgan fingerprint density at radius 1 is 1.21 bits per heavy atom. The van der Waals surface area contributed by atoms with Crippen molar-refractivity contribution in [2.75, 3.05) is 45.9 Å². The number of benzene rings is 1. The monoisotopic (exact) mass is 401 g/mol. The highest BCUT2D eigenvalue weighted by molar-refractivity contribution is 5.79. The average molecular weight is 401 g/mol. The Hall–Kier alpha value is -2.71. The van der Waals surface area contributed by atoms with E-state index in [1.807, 2.05) is 19.1 Å². The van der Waals surface area contributed by atoms with Crippen molar-refractivity contribution in [2.24, 2.45) is 4.99 Å². The second-order valence-corrected chi connectivity index (χ2v) is 6.63. The third-order valence-electron chi connectivity index (χ3n) is 4.42. The maximum absolute atomic E-state index is 13.0. The highest BCUT2D eigenvalue weighted by atomic mass is 19.1. The van der Waals surface area contributed by atoms with E-state index in [1.54, 1.807) is 18.3 Å². The summed E-state index contributed by atoms with van der Waals surface area (Å²) < 4.78 is 24.1. The predicted octanol–water partition coefficient (Wildman–Crippen LogP) is 2.40. The van der Waals surface area contributed by atoms with Crippen LogP contribution in [0, 0.1) is 5.82 Å². The van der Waals surface area contributed by atoms with Crippen LogP contribution >= 0.6 is 0 Å². The summed E-state index contributed by atoms with van der Waals surface area (Å²) in [5.41, 5.74) is 0.975. The van der Waals surface area contributed by atoms with Gasteiger partial charge in [0, 0.05) is 45.0 Å². The van der Waals surface area contributed by atoms with Crippen LogP contribution in [-0.2, 0) is 11.3 Å². The van der Waals surface area contributed by atoms with Gasteiger partial charge in [-0.05, 0) is 42.8 Å². The molecule has 0 saturated carbocycles. The summed E-state index contributed by atoms with van der Waals surface area (Å²) in [6, 6.07) is 9.60. The van der Waals surface area contributed by atoms with Gasteiger partial charge in [-0.3, -0.25) is 4.90 Å². The van der Waals surface area contributed by atoms with E-state index in [2.05, 4.69) is 25.5 Å². The minimum Gasteiger partial charge on any atom is -0.439 e. The Bertz CT molecular complexity index is 779. The van der Waals surface area contributed by atoms with E-state index in [-0.39, 0.29) is 5.82 Å². The van der Waals surface area contributed by atoms with E-state index in [1.165, 1.54) is 12.1 Å². The number of halogens is 1. The summed E-state index contributed by atoms with van der Waals surface area (Å²) in [5, 5.41) is 6.64. The summed E-state index contributed by atoms with van der Waals surface area (Å²) in [4.78, 5) is 11.2. The van der Waals surface area contributed by atoms with Gasteiger partial charge < -0.3 is 20.1 Å². The molecule has 29 heavy (non-hydrogen) atoms. The molecule has 1 aliphatic heterocycles. The van der Waals surface area contributed by atoms with E-state index in [4.69, 9.17) is 9.47 Å². The first-order chi connectivity index (χ1) is 14.2. The zero-order valence-electron chi connectivity index (χ0n) is 16.7. The number of ether oxygens (including phenoxy) is 2. The number of morpholine rings is 1. The molecule has 1 aliphatic rings. The van der Waals surface area contributed by atoms with Crippen LogP contribution in [0.15, 0.2) is 47.6 Å². The van der Waals surface area contributed by atoms with E-state index in [9.17, 15) is 4.39 Å². The van der Waals surface area contributed by atoms with Crippen molar-refractivity contribution in [1.29, 1.82) is 0 Å². The van der Waals surface area contributed by atoms with Gasteiger partial charge in [-0.15, -0.1) is 0 Å². The zero-order valence-corrected chi connectivity index (χ0v) is 16.7. The predicted molar refractivity (Wildman–Crippen MR) is 111 cm³/mol. The van der Waals surface area contributed by atoms with Crippen LogP contribution < -0.4 is 15.4 Å². The number of aliphatic imine (C=N–C) groups is 1. The van der Waals surface area contributed by atoms with Crippen LogP contribution in [0.5, 0.6) is 11.6 Å². The van der Waals surface area contributed by atoms with E-state index in [0.717, 1.165) is 57.5 Å². The van der Waals surface area contributed by atoms with Crippen LogP contribution in [0.3, 0.4) is 0 Å². The summed E-state index contributed by atoms with van der Waals surface area (Å²) in [7, 11) is 0. The number of rotatable bonds is 8. The van der Waals surface area contributed by atoms with Crippen molar-refractivity contribution in [2.45, 2.75) is 13.5 Å². The van der Waals surface area contributed by atoms with E-state index >= 15 is 0 Å². The van der Waals surface area contributed by atoms with Gasteiger partial charge in [-0.2, -0.15) is 0 Å². The van der Waals surface area contributed by atoms with Gasteiger partial charge in [0.25, 0.3) is 0 Å². The Labute approximate surface area is 170 Å². The fourth-order valence-corrected chi connectivity index (χ4v) is 2.90. The summed E-state index contributed by atoms with van der Waals surface area (Å²) in [6.07, 6.45) is 1.68. The molecule has 1 saturated heterocycles. The molecule has 3 rings (SSSR count). The summed E-state index contributed by atoms with van der Waals surface area (Å²) in [6.45, 7) is 8.66. The number of hydrogen-bond acceptors (Lipinski definition) is 5. The lowest BCUT2D eigenvalue weighted by molar-refractivity contribution is 0.0389. The molecule has 0 unspecified atom stereocenters. The zero-order chi connectivity index (χ0) is 20.3.